The zero-order valence-electron chi connectivity index (χ0n) is 15.8. The third kappa shape index (κ3) is 5.52. The molecule has 1 aliphatic rings. The molecular formula is C19H28N2O5S. The van der Waals surface area contributed by atoms with Crippen LogP contribution in [0.1, 0.15) is 39.5 Å². The van der Waals surface area contributed by atoms with Gasteiger partial charge in [-0.2, -0.15) is 4.31 Å². The summed E-state index contributed by atoms with van der Waals surface area (Å²) >= 11 is 0. The fourth-order valence-electron chi connectivity index (χ4n) is 3.36. The first-order valence-corrected chi connectivity index (χ1v) is 10.7. The maximum absolute atomic E-state index is 12.9. The lowest BCUT2D eigenvalue weighted by molar-refractivity contribution is -0.142. The van der Waals surface area contributed by atoms with Gasteiger partial charge in [-0.05, 0) is 37.3 Å². The number of piperidine rings is 1. The molecule has 2 unspecified atom stereocenters. The van der Waals surface area contributed by atoms with Crippen LogP contribution in [0.3, 0.4) is 0 Å². The molecule has 1 saturated heterocycles. The van der Waals surface area contributed by atoms with E-state index in [9.17, 15) is 23.1 Å². The Bertz CT molecular complexity index is 749. The molecule has 1 aromatic carbocycles. The molecule has 0 spiro atoms. The van der Waals surface area contributed by atoms with Gasteiger partial charge in [0.2, 0.25) is 15.9 Å². The van der Waals surface area contributed by atoms with Gasteiger partial charge in [0.15, 0.2) is 0 Å². The topological polar surface area (TPSA) is 104 Å². The van der Waals surface area contributed by atoms with Gasteiger partial charge in [-0.1, -0.05) is 38.5 Å². The van der Waals surface area contributed by atoms with E-state index in [1.807, 2.05) is 13.8 Å². The van der Waals surface area contributed by atoms with Crippen LogP contribution in [0, 0.1) is 11.8 Å². The largest absolute Gasteiger partial charge is 0.481 e. The molecule has 1 aromatic rings. The molecule has 2 N–H and O–H groups in total. The Balaban J connectivity index is 2.12. The summed E-state index contributed by atoms with van der Waals surface area (Å²) in [5, 5.41) is 12.0. The molecule has 8 heteroatoms. The van der Waals surface area contributed by atoms with Crippen molar-refractivity contribution in [2.75, 3.05) is 13.1 Å². The molecule has 27 heavy (non-hydrogen) atoms. The van der Waals surface area contributed by atoms with Gasteiger partial charge in [0.05, 0.1) is 10.8 Å². The zero-order valence-corrected chi connectivity index (χ0v) is 16.6. The van der Waals surface area contributed by atoms with Crippen molar-refractivity contribution in [2.24, 2.45) is 11.8 Å². The summed E-state index contributed by atoms with van der Waals surface area (Å²) in [6.07, 6.45) is 2.33. The predicted molar refractivity (Wildman–Crippen MR) is 102 cm³/mol. The van der Waals surface area contributed by atoms with Crippen LogP contribution in [0.25, 0.3) is 0 Å². The number of benzene rings is 1. The summed E-state index contributed by atoms with van der Waals surface area (Å²) in [4.78, 5) is 24.2. The number of hydrogen-bond donors (Lipinski definition) is 2. The van der Waals surface area contributed by atoms with Crippen LogP contribution < -0.4 is 5.32 Å². The van der Waals surface area contributed by atoms with E-state index in [2.05, 4.69) is 5.32 Å². The van der Waals surface area contributed by atoms with Crippen molar-refractivity contribution in [2.45, 2.75) is 50.5 Å². The second-order valence-corrected chi connectivity index (χ2v) is 9.24. The van der Waals surface area contributed by atoms with Gasteiger partial charge in [-0.15, -0.1) is 0 Å². The highest BCUT2D eigenvalue weighted by atomic mass is 32.2. The molecule has 150 valence electrons. The molecule has 1 fully saturated rings. The second kappa shape index (κ2) is 9.32. The number of carbonyl (C=O) groups is 2. The summed E-state index contributed by atoms with van der Waals surface area (Å²) in [5.74, 6) is -1.88. The fourth-order valence-corrected chi connectivity index (χ4v) is 5.04. The average molecular weight is 397 g/mol. The molecular weight excluding hydrogens is 368 g/mol. The van der Waals surface area contributed by atoms with Gasteiger partial charge < -0.3 is 10.4 Å². The number of rotatable bonds is 8. The lowest BCUT2D eigenvalue weighted by Gasteiger charge is -2.33. The van der Waals surface area contributed by atoms with Crippen LogP contribution in [0.4, 0.5) is 0 Å². The van der Waals surface area contributed by atoms with Crippen molar-refractivity contribution >= 4 is 21.9 Å². The summed E-state index contributed by atoms with van der Waals surface area (Å²) in [7, 11) is -3.77. The molecule has 0 aliphatic carbocycles. The number of sulfonamides is 1. The van der Waals surface area contributed by atoms with E-state index >= 15 is 0 Å². The number of carbonyl (C=O) groups excluding carboxylic acids is 1. The molecule has 7 nitrogen and oxygen atoms in total. The van der Waals surface area contributed by atoms with Crippen LogP contribution in [0.5, 0.6) is 0 Å². The van der Waals surface area contributed by atoms with Crippen molar-refractivity contribution in [3.8, 4) is 0 Å². The van der Waals surface area contributed by atoms with Crippen LogP contribution in [-0.4, -0.2) is 48.8 Å². The number of aliphatic carboxylic acids is 1. The number of nitrogens with zero attached hydrogens (tertiary/aromatic N) is 1. The third-order valence-corrected chi connectivity index (χ3v) is 6.66. The van der Waals surface area contributed by atoms with Gasteiger partial charge in [-0.3, -0.25) is 9.59 Å². The van der Waals surface area contributed by atoms with Gasteiger partial charge in [0.1, 0.15) is 6.04 Å². The Kier molecular flexibility index (Phi) is 7.38. The van der Waals surface area contributed by atoms with E-state index in [4.69, 9.17) is 0 Å². The van der Waals surface area contributed by atoms with Crippen LogP contribution in [0.2, 0.25) is 0 Å². The maximum atomic E-state index is 12.9. The Morgan fingerprint density at radius 2 is 1.89 bits per heavy atom. The standard InChI is InChI=1S/C19H28N2O5S/c1-14(2)12-15(19(23)24)13-20-18(22)17-10-6-7-11-21(17)27(25,26)16-8-4-3-5-9-16/h3-5,8-9,14-15,17H,6-7,10-13H2,1-2H3,(H,20,22)(H,23,24). The molecule has 1 aliphatic heterocycles. The summed E-state index contributed by atoms with van der Waals surface area (Å²) in [6.45, 7) is 4.13. The average Bonchev–Trinajstić information content (AvgIpc) is 2.65. The monoisotopic (exact) mass is 396 g/mol. The summed E-state index contributed by atoms with van der Waals surface area (Å²) in [5.41, 5.74) is 0. The normalized spacial score (nSPS) is 19.6. The minimum atomic E-state index is -3.77. The Morgan fingerprint density at radius 3 is 2.48 bits per heavy atom. The van der Waals surface area contributed by atoms with E-state index in [1.165, 1.54) is 16.4 Å². The van der Waals surface area contributed by atoms with E-state index < -0.39 is 33.9 Å². The number of carboxylic acid groups (broad SMARTS) is 1. The first-order chi connectivity index (χ1) is 12.7. The molecule has 2 atom stereocenters. The van der Waals surface area contributed by atoms with Crippen LogP contribution in [-0.2, 0) is 19.6 Å². The lowest BCUT2D eigenvalue weighted by atomic mass is 9.97. The highest BCUT2D eigenvalue weighted by Crippen LogP contribution is 2.25. The van der Waals surface area contributed by atoms with Crippen LogP contribution >= 0.6 is 0 Å². The Hall–Kier alpha value is -1.93. The van der Waals surface area contributed by atoms with E-state index in [1.54, 1.807) is 18.2 Å². The quantitative estimate of drug-likeness (QED) is 0.700. The Labute approximate surface area is 160 Å². The molecule has 0 aromatic heterocycles. The van der Waals surface area contributed by atoms with Crippen molar-refractivity contribution in [3.63, 3.8) is 0 Å². The zero-order chi connectivity index (χ0) is 20.0. The van der Waals surface area contributed by atoms with Crippen LogP contribution in [0.15, 0.2) is 35.2 Å². The summed E-state index contributed by atoms with van der Waals surface area (Å²) < 4.78 is 27.1. The van der Waals surface area contributed by atoms with Crippen molar-refractivity contribution in [3.05, 3.63) is 30.3 Å². The molecule has 1 amide bonds. The number of carboxylic acids is 1. The van der Waals surface area contributed by atoms with E-state index in [-0.39, 0.29) is 23.9 Å². The van der Waals surface area contributed by atoms with Gasteiger partial charge >= 0.3 is 5.97 Å². The maximum Gasteiger partial charge on any atom is 0.308 e. The number of nitrogens with one attached hydrogen (secondary N) is 1. The van der Waals surface area contributed by atoms with Gasteiger partial charge in [0, 0.05) is 13.1 Å². The minimum absolute atomic E-state index is 0.00205. The number of amides is 1. The fraction of sp³-hybridized carbons (Fsp3) is 0.579. The van der Waals surface area contributed by atoms with Gasteiger partial charge in [-0.25, -0.2) is 8.42 Å². The van der Waals surface area contributed by atoms with E-state index in [0.717, 1.165) is 6.42 Å². The molecule has 1 heterocycles. The lowest BCUT2D eigenvalue weighted by Crippen LogP contribution is -2.52. The molecule has 0 radical (unpaired) electrons. The smallest absolute Gasteiger partial charge is 0.308 e. The van der Waals surface area contributed by atoms with Crippen molar-refractivity contribution < 1.29 is 23.1 Å². The van der Waals surface area contributed by atoms with Crippen molar-refractivity contribution in [1.82, 2.24) is 9.62 Å². The summed E-state index contributed by atoms with van der Waals surface area (Å²) in [6, 6.07) is 7.26. The van der Waals surface area contributed by atoms with E-state index in [0.29, 0.717) is 19.3 Å². The third-order valence-electron chi connectivity index (χ3n) is 4.73. The highest BCUT2D eigenvalue weighted by molar-refractivity contribution is 7.89. The molecule has 0 bridgehead atoms. The molecule has 2 rings (SSSR count). The number of hydrogen-bond acceptors (Lipinski definition) is 4. The van der Waals surface area contributed by atoms with Gasteiger partial charge in [0.25, 0.3) is 0 Å². The Morgan fingerprint density at radius 1 is 1.22 bits per heavy atom. The predicted octanol–water partition coefficient (Wildman–Crippen LogP) is 2.09. The first-order valence-electron chi connectivity index (χ1n) is 9.31. The highest BCUT2D eigenvalue weighted by Gasteiger charge is 2.37. The molecule has 0 saturated carbocycles. The second-order valence-electron chi connectivity index (χ2n) is 7.35. The first kappa shape index (κ1) is 21.4. The SMILES string of the molecule is CC(C)CC(CNC(=O)C1CCCCN1S(=O)(=O)c1ccccc1)C(=O)O. The minimum Gasteiger partial charge on any atom is -0.481 e. The van der Waals surface area contributed by atoms with Crippen molar-refractivity contribution in [1.29, 1.82) is 0 Å².